The molecule has 6 heteroatoms. The number of aromatic nitrogens is 4. The van der Waals surface area contributed by atoms with Crippen LogP contribution in [0.4, 0.5) is 0 Å². The van der Waals surface area contributed by atoms with E-state index in [1.54, 1.807) is 11.3 Å². The molecule has 0 bridgehead atoms. The van der Waals surface area contributed by atoms with Crippen LogP contribution in [-0.2, 0) is 0 Å². The summed E-state index contributed by atoms with van der Waals surface area (Å²) in [6, 6.07) is 45.2. The van der Waals surface area contributed by atoms with E-state index in [2.05, 4.69) is 54.6 Å². The molecule has 0 spiro atoms. The second-order valence-electron chi connectivity index (χ2n) is 10.7. The molecule has 0 amide bonds. The quantitative estimate of drug-likeness (QED) is 0.207. The predicted molar refractivity (Wildman–Crippen MR) is 180 cm³/mol. The first-order chi connectivity index (χ1) is 21.8. The van der Waals surface area contributed by atoms with E-state index in [0.29, 0.717) is 17.5 Å². The van der Waals surface area contributed by atoms with Gasteiger partial charge >= 0.3 is 0 Å². The molecule has 3 aromatic heterocycles. The van der Waals surface area contributed by atoms with Gasteiger partial charge in [0, 0.05) is 32.8 Å². The minimum absolute atomic E-state index is 0.633. The predicted octanol–water partition coefficient (Wildman–Crippen LogP) is 10.2. The number of nitrogens with zero attached hydrogens (tertiary/aromatic N) is 4. The Kier molecular flexibility index (Phi) is 5.61. The van der Waals surface area contributed by atoms with Crippen molar-refractivity contribution in [2.45, 2.75) is 0 Å². The maximum Gasteiger partial charge on any atom is 0.164 e. The third-order valence-corrected chi connectivity index (χ3v) is 9.10. The number of benzene rings is 6. The molecule has 0 aliphatic carbocycles. The van der Waals surface area contributed by atoms with Gasteiger partial charge in [-0.2, -0.15) is 0 Å². The number of para-hydroxylation sites is 2. The van der Waals surface area contributed by atoms with Crippen molar-refractivity contribution in [3.63, 3.8) is 0 Å². The summed E-state index contributed by atoms with van der Waals surface area (Å²) in [5, 5.41) is 5.40. The first-order valence-electron chi connectivity index (χ1n) is 14.4. The lowest BCUT2D eigenvalue weighted by atomic mass is 10.1. The van der Waals surface area contributed by atoms with E-state index in [9.17, 15) is 0 Å². The summed E-state index contributed by atoms with van der Waals surface area (Å²) in [4.78, 5) is 19.8. The summed E-state index contributed by atoms with van der Waals surface area (Å²) in [5.74, 6) is 1.92. The highest BCUT2D eigenvalue weighted by Crippen LogP contribution is 2.41. The molecule has 0 N–H and O–H groups in total. The Morgan fingerprint density at radius 3 is 1.86 bits per heavy atom. The van der Waals surface area contributed by atoms with Crippen molar-refractivity contribution in [3.8, 4) is 44.7 Å². The molecule has 44 heavy (non-hydrogen) atoms. The van der Waals surface area contributed by atoms with Crippen LogP contribution in [0.2, 0.25) is 0 Å². The molecule has 0 saturated heterocycles. The van der Waals surface area contributed by atoms with Crippen molar-refractivity contribution in [2.75, 3.05) is 0 Å². The average Bonchev–Trinajstić information content (AvgIpc) is 3.71. The van der Waals surface area contributed by atoms with Gasteiger partial charge in [0.2, 0.25) is 0 Å². The largest absolute Gasteiger partial charge is 0.455 e. The van der Waals surface area contributed by atoms with Crippen LogP contribution in [0.3, 0.4) is 0 Å². The smallest absolute Gasteiger partial charge is 0.164 e. The number of fused-ring (bicyclic) bond motifs is 6. The summed E-state index contributed by atoms with van der Waals surface area (Å²) in [6.45, 7) is 0. The molecular formula is C38H22N4OS. The summed E-state index contributed by atoms with van der Waals surface area (Å²) in [6.07, 6.45) is 0. The molecule has 9 rings (SSSR count). The molecule has 9 aromatic rings. The monoisotopic (exact) mass is 582 g/mol. The van der Waals surface area contributed by atoms with Crippen molar-refractivity contribution in [3.05, 3.63) is 133 Å². The molecule has 0 fully saturated rings. The first kappa shape index (κ1) is 24.8. The van der Waals surface area contributed by atoms with Gasteiger partial charge in [-0.05, 0) is 29.7 Å². The fourth-order valence-corrected chi connectivity index (χ4v) is 6.93. The summed E-state index contributed by atoms with van der Waals surface area (Å²) >= 11 is 1.68. The zero-order valence-corrected chi connectivity index (χ0v) is 24.1. The van der Waals surface area contributed by atoms with E-state index in [1.807, 2.05) is 78.9 Å². The molecular weight excluding hydrogens is 561 g/mol. The highest BCUT2D eigenvalue weighted by Gasteiger charge is 2.17. The van der Waals surface area contributed by atoms with Crippen molar-refractivity contribution < 1.29 is 4.42 Å². The van der Waals surface area contributed by atoms with Crippen LogP contribution in [0.15, 0.2) is 138 Å². The Bertz CT molecular complexity index is 2440. The van der Waals surface area contributed by atoms with Gasteiger partial charge in [0.05, 0.1) is 15.8 Å². The fraction of sp³-hybridized carbons (Fsp3) is 0. The van der Waals surface area contributed by atoms with Crippen molar-refractivity contribution in [2.24, 2.45) is 0 Å². The van der Waals surface area contributed by atoms with Gasteiger partial charge in [-0.3, -0.25) is 0 Å². The Morgan fingerprint density at radius 2 is 1.11 bits per heavy atom. The maximum atomic E-state index is 6.34. The van der Waals surface area contributed by atoms with Crippen LogP contribution in [0, 0.1) is 0 Å². The first-order valence-corrected chi connectivity index (χ1v) is 15.2. The molecule has 0 aliphatic heterocycles. The van der Waals surface area contributed by atoms with E-state index < -0.39 is 0 Å². The van der Waals surface area contributed by atoms with Crippen LogP contribution in [0.25, 0.3) is 87.7 Å². The lowest BCUT2D eigenvalue weighted by Gasteiger charge is -2.09. The van der Waals surface area contributed by atoms with Crippen LogP contribution >= 0.6 is 11.3 Å². The molecule has 0 unspecified atom stereocenters. The van der Waals surface area contributed by atoms with Crippen LogP contribution in [0.1, 0.15) is 0 Å². The summed E-state index contributed by atoms with van der Waals surface area (Å²) < 4.78 is 7.46. The minimum atomic E-state index is 0.633. The second kappa shape index (κ2) is 9.93. The van der Waals surface area contributed by atoms with E-state index >= 15 is 0 Å². The van der Waals surface area contributed by atoms with Gasteiger partial charge in [-0.15, -0.1) is 11.3 Å². The SMILES string of the molecule is c1ccc(-c2nc(-c3ccccc3)nc(-c3ccc4ccc5nc(-c6cccc7c6oc6ccccc67)sc5c4c3)n2)cc1. The van der Waals surface area contributed by atoms with Crippen molar-refractivity contribution >= 4 is 54.3 Å². The summed E-state index contributed by atoms with van der Waals surface area (Å²) in [5.41, 5.74) is 6.52. The lowest BCUT2D eigenvalue weighted by molar-refractivity contribution is 0.670. The second-order valence-corrected chi connectivity index (χ2v) is 11.7. The van der Waals surface area contributed by atoms with Gasteiger partial charge in [-0.1, -0.05) is 109 Å². The van der Waals surface area contributed by atoms with E-state index in [1.165, 1.54) is 0 Å². The molecule has 206 valence electrons. The average molecular weight is 583 g/mol. The highest BCUT2D eigenvalue weighted by atomic mass is 32.1. The number of rotatable bonds is 4. The third-order valence-electron chi connectivity index (χ3n) is 7.96. The summed E-state index contributed by atoms with van der Waals surface area (Å²) in [7, 11) is 0. The lowest BCUT2D eigenvalue weighted by Crippen LogP contribution is -2.00. The van der Waals surface area contributed by atoms with Crippen LogP contribution < -0.4 is 0 Å². The van der Waals surface area contributed by atoms with E-state index in [-0.39, 0.29) is 0 Å². The van der Waals surface area contributed by atoms with E-state index in [4.69, 9.17) is 24.4 Å². The van der Waals surface area contributed by atoms with Gasteiger partial charge in [-0.25, -0.2) is 19.9 Å². The number of thiazole rings is 1. The highest BCUT2D eigenvalue weighted by molar-refractivity contribution is 7.22. The molecule has 6 aromatic carbocycles. The van der Waals surface area contributed by atoms with Gasteiger partial charge < -0.3 is 4.42 Å². The Labute approximate surface area is 256 Å². The van der Waals surface area contributed by atoms with Crippen molar-refractivity contribution in [1.29, 1.82) is 0 Å². The van der Waals surface area contributed by atoms with Crippen LogP contribution in [0.5, 0.6) is 0 Å². The Balaban J connectivity index is 1.22. The topological polar surface area (TPSA) is 64.7 Å². The van der Waals surface area contributed by atoms with E-state index in [0.717, 1.165) is 70.2 Å². The van der Waals surface area contributed by atoms with Crippen molar-refractivity contribution in [1.82, 2.24) is 19.9 Å². The third kappa shape index (κ3) is 4.07. The molecule has 5 nitrogen and oxygen atoms in total. The molecule has 0 aliphatic rings. The van der Waals surface area contributed by atoms with Crippen LogP contribution in [-0.4, -0.2) is 19.9 Å². The Hall–Kier alpha value is -5.72. The zero-order chi connectivity index (χ0) is 29.0. The number of furan rings is 1. The maximum absolute atomic E-state index is 6.34. The van der Waals surface area contributed by atoms with Gasteiger partial charge in [0.25, 0.3) is 0 Å². The van der Waals surface area contributed by atoms with Gasteiger partial charge in [0.15, 0.2) is 17.5 Å². The number of hydrogen-bond donors (Lipinski definition) is 0. The molecule has 0 radical (unpaired) electrons. The molecule has 3 heterocycles. The molecule has 0 atom stereocenters. The Morgan fingerprint density at radius 1 is 0.477 bits per heavy atom. The molecule has 0 saturated carbocycles. The van der Waals surface area contributed by atoms with Gasteiger partial charge in [0.1, 0.15) is 16.2 Å². The zero-order valence-electron chi connectivity index (χ0n) is 23.3. The number of hydrogen-bond acceptors (Lipinski definition) is 6. The fourth-order valence-electron chi connectivity index (χ4n) is 5.81. The standard InChI is InChI=1S/C38H22N4OS/c1-3-10-24(11-4-1)35-40-36(25-12-5-2-6-13-25)42-37(41-35)26-19-18-23-20-21-31-34(30(23)22-26)44-38(39-31)29-16-9-15-28-27-14-7-8-17-32(27)43-33(28)29/h1-22H. The normalized spacial score (nSPS) is 11.6. The minimum Gasteiger partial charge on any atom is -0.455 e.